The molecule has 0 saturated heterocycles. The minimum atomic E-state index is 0.123. The Morgan fingerprint density at radius 3 is 2.57 bits per heavy atom. The number of anilines is 1. The highest BCUT2D eigenvalue weighted by molar-refractivity contribution is 5.66. The number of methoxy groups -OCH3 is 1. The predicted octanol–water partition coefficient (Wildman–Crippen LogP) is 3.32. The van der Waals surface area contributed by atoms with Crippen molar-refractivity contribution < 1.29 is 9.84 Å². The second kappa shape index (κ2) is 6.67. The van der Waals surface area contributed by atoms with Gasteiger partial charge in [0.25, 0.3) is 0 Å². The van der Waals surface area contributed by atoms with Gasteiger partial charge in [0, 0.05) is 6.04 Å². The third-order valence-electron chi connectivity index (χ3n) is 3.24. The first-order chi connectivity index (χ1) is 10.1. The number of benzene rings is 2. The van der Waals surface area contributed by atoms with Gasteiger partial charge in [-0.2, -0.15) is 5.26 Å². The van der Waals surface area contributed by atoms with E-state index in [1.807, 2.05) is 25.1 Å². The van der Waals surface area contributed by atoms with E-state index in [9.17, 15) is 10.4 Å². The van der Waals surface area contributed by atoms with Gasteiger partial charge in [0.15, 0.2) is 0 Å². The van der Waals surface area contributed by atoms with Gasteiger partial charge in [-0.25, -0.2) is 0 Å². The largest absolute Gasteiger partial charge is 0.508 e. The van der Waals surface area contributed by atoms with Crippen LogP contribution in [-0.4, -0.2) is 18.3 Å². The Hall–Kier alpha value is -2.67. The van der Waals surface area contributed by atoms with E-state index in [0.29, 0.717) is 17.0 Å². The van der Waals surface area contributed by atoms with Crippen molar-refractivity contribution in [2.24, 2.45) is 0 Å². The summed E-state index contributed by atoms with van der Waals surface area (Å²) in [6.45, 7) is 2.04. The molecule has 1 atom stereocenters. The quantitative estimate of drug-likeness (QED) is 0.883. The van der Waals surface area contributed by atoms with Crippen molar-refractivity contribution in [3.8, 4) is 17.6 Å². The molecule has 21 heavy (non-hydrogen) atoms. The Bertz CT molecular complexity index is 645. The van der Waals surface area contributed by atoms with Crippen molar-refractivity contribution in [3.63, 3.8) is 0 Å². The molecule has 2 aromatic rings. The fraction of sp³-hybridized carbons (Fsp3) is 0.235. The molecule has 4 heteroatoms. The van der Waals surface area contributed by atoms with Crippen LogP contribution in [0.3, 0.4) is 0 Å². The molecule has 0 bridgehead atoms. The van der Waals surface area contributed by atoms with Crippen molar-refractivity contribution in [2.45, 2.75) is 19.4 Å². The van der Waals surface area contributed by atoms with Crippen molar-refractivity contribution in [1.82, 2.24) is 0 Å². The number of phenolic OH excluding ortho intramolecular Hbond substituents is 1. The summed E-state index contributed by atoms with van der Waals surface area (Å²) in [7, 11) is 1.59. The molecule has 0 aliphatic heterocycles. The summed E-state index contributed by atoms with van der Waals surface area (Å²) in [6, 6.07) is 14.8. The summed E-state index contributed by atoms with van der Waals surface area (Å²) >= 11 is 0. The van der Waals surface area contributed by atoms with E-state index in [4.69, 9.17) is 4.74 Å². The van der Waals surface area contributed by atoms with Crippen LogP contribution < -0.4 is 10.1 Å². The molecule has 2 rings (SSSR count). The summed E-state index contributed by atoms with van der Waals surface area (Å²) < 4.78 is 5.31. The Labute approximate surface area is 124 Å². The van der Waals surface area contributed by atoms with E-state index in [-0.39, 0.29) is 11.8 Å². The second-order valence-electron chi connectivity index (χ2n) is 4.91. The monoisotopic (exact) mass is 282 g/mol. The van der Waals surface area contributed by atoms with Gasteiger partial charge in [-0.3, -0.25) is 0 Å². The van der Waals surface area contributed by atoms with Gasteiger partial charge in [-0.05, 0) is 43.2 Å². The minimum absolute atomic E-state index is 0.123. The Morgan fingerprint density at radius 2 is 1.95 bits per heavy atom. The topological polar surface area (TPSA) is 65.3 Å². The molecule has 4 nitrogen and oxygen atoms in total. The number of nitriles is 1. The number of para-hydroxylation sites is 1. The van der Waals surface area contributed by atoms with Gasteiger partial charge in [0.1, 0.15) is 17.6 Å². The zero-order valence-electron chi connectivity index (χ0n) is 12.1. The maximum absolute atomic E-state index is 9.29. The van der Waals surface area contributed by atoms with E-state index < -0.39 is 0 Å². The van der Waals surface area contributed by atoms with Gasteiger partial charge in [0.2, 0.25) is 0 Å². The Morgan fingerprint density at radius 1 is 1.24 bits per heavy atom. The summed E-state index contributed by atoms with van der Waals surface area (Å²) in [4.78, 5) is 0. The van der Waals surface area contributed by atoms with Crippen LogP contribution in [0, 0.1) is 11.3 Å². The lowest BCUT2D eigenvalue weighted by Gasteiger charge is -2.18. The number of phenols is 1. The van der Waals surface area contributed by atoms with Crippen LogP contribution in [0.5, 0.6) is 11.5 Å². The van der Waals surface area contributed by atoms with E-state index >= 15 is 0 Å². The average molecular weight is 282 g/mol. The zero-order chi connectivity index (χ0) is 15.2. The molecule has 0 aliphatic carbocycles. The highest BCUT2D eigenvalue weighted by Crippen LogP contribution is 2.28. The number of aromatic hydroxyl groups is 1. The van der Waals surface area contributed by atoms with E-state index in [1.54, 1.807) is 31.4 Å². The van der Waals surface area contributed by atoms with Crippen molar-refractivity contribution in [3.05, 3.63) is 53.6 Å². The van der Waals surface area contributed by atoms with Crippen LogP contribution in [0.4, 0.5) is 5.69 Å². The lowest BCUT2D eigenvalue weighted by Crippen LogP contribution is -2.19. The summed E-state index contributed by atoms with van der Waals surface area (Å²) in [5.41, 5.74) is 2.39. The van der Waals surface area contributed by atoms with Gasteiger partial charge in [0.05, 0.1) is 18.4 Å². The number of hydrogen-bond donors (Lipinski definition) is 2. The molecule has 0 heterocycles. The molecular weight excluding hydrogens is 264 g/mol. The fourth-order valence-electron chi connectivity index (χ4n) is 2.23. The normalized spacial score (nSPS) is 11.5. The van der Waals surface area contributed by atoms with Crippen LogP contribution in [0.15, 0.2) is 42.5 Å². The highest BCUT2D eigenvalue weighted by Gasteiger charge is 2.12. The Kier molecular flexibility index (Phi) is 4.68. The number of nitrogens with zero attached hydrogens (tertiary/aromatic N) is 1. The molecule has 108 valence electrons. The minimum Gasteiger partial charge on any atom is -0.508 e. The molecule has 0 fully saturated rings. The van der Waals surface area contributed by atoms with Crippen LogP contribution in [0.1, 0.15) is 18.1 Å². The molecule has 1 unspecified atom stereocenters. The standard InChI is InChI=1S/C17H18N2O2/c1-12(10-13-6-8-15(20)9-7-13)19-17-14(11-18)4-3-5-16(17)21-2/h3-9,12,19-20H,10H2,1-2H3. The second-order valence-corrected chi connectivity index (χ2v) is 4.91. The first-order valence-corrected chi connectivity index (χ1v) is 6.75. The molecule has 2 N–H and O–H groups in total. The smallest absolute Gasteiger partial charge is 0.143 e. The van der Waals surface area contributed by atoms with Gasteiger partial charge >= 0.3 is 0 Å². The fourth-order valence-corrected chi connectivity index (χ4v) is 2.23. The molecule has 0 amide bonds. The summed E-state index contributed by atoms with van der Waals surface area (Å²) in [5, 5.41) is 21.8. The van der Waals surface area contributed by atoms with Gasteiger partial charge < -0.3 is 15.2 Å². The molecule has 2 aromatic carbocycles. The lowest BCUT2D eigenvalue weighted by atomic mass is 10.1. The van der Waals surface area contributed by atoms with E-state index in [1.165, 1.54) is 0 Å². The van der Waals surface area contributed by atoms with Gasteiger partial charge in [-0.1, -0.05) is 18.2 Å². The summed E-state index contributed by atoms with van der Waals surface area (Å²) in [5.74, 6) is 0.919. The van der Waals surface area contributed by atoms with Crippen LogP contribution >= 0.6 is 0 Å². The third kappa shape index (κ3) is 3.67. The molecule has 0 aromatic heterocycles. The molecule has 0 radical (unpaired) electrons. The van der Waals surface area contributed by atoms with Crippen molar-refractivity contribution in [2.75, 3.05) is 12.4 Å². The molecule has 0 saturated carbocycles. The zero-order valence-corrected chi connectivity index (χ0v) is 12.1. The van der Waals surface area contributed by atoms with E-state index in [2.05, 4.69) is 11.4 Å². The highest BCUT2D eigenvalue weighted by atomic mass is 16.5. The van der Waals surface area contributed by atoms with E-state index in [0.717, 1.165) is 12.0 Å². The van der Waals surface area contributed by atoms with Crippen molar-refractivity contribution >= 4 is 5.69 Å². The molecule has 0 spiro atoms. The summed E-state index contributed by atoms with van der Waals surface area (Å²) in [6.07, 6.45) is 0.781. The Balaban J connectivity index is 2.14. The van der Waals surface area contributed by atoms with Crippen LogP contribution in [-0.2, 0) is 6.42 Å². The molecule has 0 aliphatic rings. The predicted molar refractivity (Wildman–Crippen MR) is 82.6 cm³/mol. The van der Waals surface area contributed by atoms with Gasteiger partial charge in [-0.15, -0.1) is 0 Å². The van der Waals surface area contributed by atoms with Crippen LogP contribution in [0.2, 0.25) is 0 Å². The van der Waals surface area contributed by atoms with Crippen LogP contribution in [0.25, 0.3) is 0 Å². The third-order valence-corrected chi connectivity index (χ3v) is 3.24. The first-order valence-electron chi connectivity index (χ1n) is 6.75. The number of ether oxygens (including phenoxy) is 1. The maximum atomic E-state index is 9.29. The number of hydrogen-bond acceptors (Lipinski definition) is 4. The molecular formula is C17H18N2O2. The number of nitrogens with one attached hydrogen (secondary N) is 1. The first kappa shape index (κ1) is 14.7. The average Bonchev–Trinajstić information content (AvgIpc) is 2.49. The van der Waals surface area contributed by atoms with Crippen molar-refractivity contribution in [1.29, 1.82) is 5.26 Å². The lowest BCUT2D eigenvalue weighted by molar-refractivity contribution is 0.416. The maximum Gasteiger partial charge on any atom is 0.143 e. The number of rotatable bonds is 5. The SMILES string of the molecule is COc1cccc(C#N)c1NC(C)Cc1ccc(O)cc1.